The Hall–Kier alpha value is -1.78. The van der Waals surface area contributed by atoms with E-state index in [1.807, 2.05) is 10.6 Å². The van der Waals surface area contributed by atoms with Gasteiger partial charge < -0.3 is 4.98 Å². The molecule has 122 valence electrons. The van der Waals surface area contributed by atoms with Crippen molar-refractivity contribution in [2.24, 2.45) is 0 Å². The van der Waals surface area contributed by atoms with Crippen molar-refractivity contribution < 1.29 is 0 Å². The number of halogens is 2. The maximum Gasteiger partial charge on any atom is 0.257 e. The molecule has 0 saturated heterocycles. The third-order valence-corrected chi connectivity index (χ3v) is 5.68. The van der Waals surface area contributed by atoms with Crippen LogP contribution in [-0.4, -0.2) is 14.5 Å². The number of aryl methyl sites for hydroxylation is 2. The molecule has 0 radical (unpaired) electrons. The number of fused-ring (bicyclic) bond motifs is 6. The van der Waals surface area contributed by atoms with Crippen molar-refractivity contribution in [3.05, 3.63) is 49.4 Å². The van der Waals surface area contributed by atoms with Gasteiger partial charge in [-0.1, -0.05) is 23.2 Å². The van der Waals surface area contributed by atoms with Crippen molar-refractivity contribution in [3.8, 4) is 11.5 Å². The molecule has 6 heteroatoms. The molecule has 5 rings (SSSR count). The van der Waals surface area contributed by atoms with E-state index < -0.39 is 0 Å². The molecule has 1 N–H and O–H groups in total. The summed E-state index contributed by atoms with van der Waals surface area (Å²) in [5.74, 6) is 0.741. The molecule has 0 fully saturated rings. The average Bonchev–Trinajstić information content (AvgIpc) is 2.94. The highest BCUT2D eigenvalue weighted by Gasteiger charge is 2.27. The first-order valence-corrected chi connectivity index (χ1v) is 9.01. The summed E-state index contributed by atoms with van der Waals surface area (Å²) < 4.78 is 1.82. The molecule has 24 heavy (non-hydrogen) atoms. The molecule has 4 nitrogen and oxygen atoms in total. The summed E-state index contributed by atoms with van der Waals surface area (Å²) in [6.07, 6.45) is 4.69. The first-order valence-electron chi connectivity index (χ1n) is 8.26. The Morgan fingerprint density at radius 2 is 1.92 bits per heavy atom. The van der Waals surface area contributed by atoms with Crippen LogP contribution in [-0.2, 0) is 25.8 Å². The van der Waals surface area contributed by atoms with Crippen LogP contribution in [0.15, 0.2) is 16.9 Å². The standard InChI is InChI=1S/C18H15Cl2N3O/c19-9-7-12(20)15-11-5-6-23-17(16(11)21-14(15)8-9)22-13-4-2-1-3-10(13)18(23)24/h7-8,21H,1-6H2. The van der Waals surface area contributed by atoms with Crippen molar-refractivity contribution in [1.82, 2.24) is 14.5 Å². The Morgan fingerprint density at radius 3 is 2.79 bits per heavy atom. The van der Waals surface area contributed by atoms with E-state index in [4.69, 9.17) is 28.2 Å². The van der Waals surface area contributed by atoms with E-state index in [9.17, 15) is 4.79 Å². The van der Waals surface area contributed by atoms with Crippen LogP contribution in [0.5, 0.6) is 0 Å². The smallest absolute Gasteiger partial charge is 0.257 e. The van der Waals surface area contributed by atoms with Gasteiger partial charge in [-0.2, -0.15) is 0 Å². The highest BCUT2D eigenvalue weighted by molar-refractivity contribution is 6.39. The van der Waals surface area contributed by atoms with Gasteiger partial charge in [-0.25, -0.2) is 4.98 Å². The molecule has 0 unspecified atom stereocenters. The Kier molecular flexibility index (Phi) is 3.10. The maximum atomic E-state index is 12.9. The summed E-state index contributed by atoms with van der Waals surface area (Å²) in [6.45, 7) is 0.646. The summed E-state index contributed by atoms with van der Waals surface area (Å²) in [4.78, 5) is 21.1. The predicted octanol–water partition coefficient (Wildman–Crippen LogP) is 4.13. The third kappa shape index (κ3) is 1.93. The van der Waals surface area contributed by atoms with Gasteiger partial charge in [0.2, 0.25) is 0 Å². The second-order valence-electron chi connectivity index (χ2n) is 6.56. The van der Waals surface area contributed by atoms with Crippen LogP contribution >= 0.6 is 23.2 Å². The lowest BCUT2D eigenvalue weighted by Crippen LogP contribution is -2.32. The highest BCUT2D eigenvalue weighted by Crippen LogP contribution is 2.38. The van der Waals surface area contributed by atoms with Crippen LogP contribution in [0.1, 0.15) is 29.7 Å². The van der Waals surface area contributed by atoms with Gasteiger partial charge in [-0.15, -0.1) is 0 Å². The Bertz CT molecular complexity index is 1060. The minimum absolute atomic E-state index is 0.128. The second-order valence-corrected chi connectivity index (χ2v) is 7.41. The van der Waals surface area contributed by atoms with E-state index in [2.05, 4.69) is 4.98 Å². The molecule has 0 amide bonds. The quantitative estimate of drug-likeness (QED) is 0.655. The minimum atomic E-state index is 0.128. The van der Waals surface area contributed by atoms with Crippen molar-refractivity contribution in [2.75, 3.05) is 0 Å². The topological polar surface area (TPSA) is 50.7 Å². The van der Waals surface area contributed by atoms with Gasteiger partial charge in [0.15, 0.2) is 5.82 Å². The number of hydrogen-bond acceptors (Lipinski definition) is 2. The van der Waals surface area contributed by atoms with Crippen LogP contribution in [0.3, 0.4) is 0 Å². The fourth-order valence-electron chi connectivity index (χ4n) is 4.07. The highest BCUT2D eigenvalue weighted by atomic mass is 35.5. The first kappa shape index (κ1) is 14.6. The van der Waals surface area contributed by atoms with Crippen molar-refractivity contribution >= 4 is 34.1 Å². The molecule has 2 aliphatic rings. The number of nitrogens with one attached hydrogen (secondary N) is 1. The number of hydrogen-bond donors (Lipinski definition) is 1. The molecule has 1 aliphatic carbocycles. The summed E-state index contributed by atoms with van der Waals surface area (Å²) in [7, 11) is 0. The van der Waals surface area contributed by atoms with Crippen LogP contribution in [0.2, 0.25) is 10.0 Å². The largest absolute Gasteiger partial charge is 0.352 e. The van der Waals surface area contributed by atoms with Gasteiger partial charge in [-0.05, 0) is 49.8 Å². The van der Waals surface area contributed by atoms with E-state index in [-0.39, 0.29) is 5.56 Å². The van der Waals surface area contributed by atoms with Gasteiger partial charge >= 0.3 is 0 Å². The minimum Gasteiger partial charge on any atom is -0.352 e. The van der Waals surface area contributed by atoms with Crippen molar-refractivity contribution in [2.45, 2.75) is 38.6 Å². The lowest BCUT2D eigenvalue weighted by Gasteiger charge is -2.22. The number of rotatable bonds is 0. The van der Waals surface area contributed by atoms with E-state index in [1.54, 1.807) is 6.07 Å². The summed E-state index contributed by atoms with van der Waals surface area (Å²) in [5, 5.41) is 2.24. The van der Waals surface area contributed by atoms with Crippen LogP contribution in [0, 0.1) is 0 Å². The maximum absolute atomic E-state index is 12.9. The molecule has 2 aromatic heterocycles. The number of nitrogens with zero attached hydrogens (tertiary/aromatic N) is 2. The lowest BCUT2D eigenvalue weighted by atomic mass is 9.96. The van der Waals surface area contributed by atoms with E-state index in [1.165, 1.54) is 0 Å². The van der Waals surface area contributed by atoms with Gasteiger partial charge in [0.25, 0.3) is 5.56 Å². The van der Waals surface area contributed by atoms with Crippen molar-refractivity contribution in [1.29, 1.82) is 0 Å². The van der Waals surface area contributed by atoms with Gasteiger partial charge in [0.1, 0.15) is 0 Å². The van der Waals surface area contributed by atoms with Crippen LogP contribution in [0.4, 0.5) is 0 Å². The molecule has 3 aromatic rings. The predicted molar refractivity (Wildman–Crippen MR) is 96.2 cm³/mol. The fraction of sp³-hybridized carbons (Fsp3) is 0.333. The first-order chi connectivity index (χ1) is 11.6. The van der Waals surface area contributed by atoms with Gasteiger partial charge in [0.05, 0.1) is 16.4 Å². The van der Waals surface area contributed by atoms with Crippen molar-refractivity contribution in [3.63, 3.8) is 0 Å². The monoisotopic (exact) mass is 359 g/mol. The van der Waals surface area contributed by atoms with Crippen LogP contribution < -0.4 is 5.56 Å². The fourth-order valence-corrected chi connectivity index (χ4v) is 4.67. The molecule has 0 spiro atoms. The SMILES string of the molecule is O=c1c2c(nc3n1CCc1c-3[nH]c3cc(Cl)cc(Cl)c13)CCCC2. The van der Waals surface area contributed by atoms with Gasteiger partial charge in [0, 0.05) is 28.0 Å². The number of benzene rings is 1. The molecule has 0 bridgehead atoms. The van der Waals surface area contributed by atoms with E-state index in [0.717, 1.165) is 71.3 Å². The Labute approximate surface area is 148 Å². The molecular weight excluding hydrogens is 345 g/mol. The lowest BCUT2D eigenvalue weighted by molar-refractivity contribution is 0.594. The second kappa shape index (κ2) is 5.11. The molecule has 0 atom stereocenters. The molecular formula is C18H15Cl2N3O. The number of H-pyrrole nitrogens is 1. The Morgan fingerprint density at radius 1 is 1.08 bits per heavy atom. The zero-order valence-corrected chi connectivity index (χ0v) is 14.5. The molecule has 1 aliphatic heterocycles. The summed E-state index contributed by atoms with van der Waals surface area (Å²) in [6, 6.07) is 3.64. The van der Waals surface area contributed by atoms with E-state index >= 15 is 0 Å². The average molecular weight is 360 g/mol. The molecule has 0 saturated carbocycles. The zero-order chi connectivity index (χ0) is 16.4. The van der Waals surface area contributed by atoms with Gasteiger partial charge in [-0.3, -0.25) is 9.36 Å². The third-order valence-electron chi connectivity index (χ3n) is 5.17. The van der Waals surface area contributed by atoms with Crippen LogP contribution in [0.25, 0.3) is 22.4 Å². The van der Waals surface area contributed by atoms with E-state index in [0.29, 0.717) is 16.6 Å². The number of aromatic amines is 1. The summed E-state index contributed by atoms with van der Waals surface area (Å²) in [5.41, 5.74) is 4.94. The molecule has 1 aromatic carbocycles. The Balaban J connectivity index is 1.84. The number of aromatic nitrogens is 3. The molecule has 3 heterocycles. The summed E-state index contributed by atoms with van der Waals surface area (Å²) >= 11 is 12.6. The normalized spacial score (nSPS) is 15.9. The zero-order valence-electron chi connectivity index (χ0n) is 13.0.